The van der Waals surface area contributed by atoms with E-state index in [1.165, 1.54) is 12.1 Å². The summed E-state index contributed by atoms with van der Waals surface area (Å²) in [6, 6.07) is 4.43. The summed E-state index contributed by atoms with van der Waals surface area (Å²) < 4.78 is 14.5. The van der Waals surface area contributed by atoms with Gasteiger partial charge in [-0.2, -0.15) is 5.10 Å². The molecule has 0 atom stereocenters. The first-order chi connectivity index (χ1) is 13.3. The van der Waals surface area contributed by atoms with Gasteiger partial charge in [0, 0.05) is 18.4 Å². The van der Waals surface area contributed by atoms with Crippen LogP contribution in [-0.2, 0) is 28.9 Å². The van der Waals surface area contributed by atoms with Gasteiger partial charge in [0.15, 0.2) is 0 Å². The van der Waals surface area contributed by atoms with Gasteiger partial charge in [0.05, 0.1) is 16.8 Å². The molecule has 0 saturated carbocycles. The zero-order valence-corrected chi connectivity index (χ0v) is 16.0. The van der Waals surface area contributed by atoms with Crippen molar-refractivity contribution in [1.82, 2.24) is 10.2 Å². The molecule has 1 saturated heterocycles. The number of rotatable bonds is 3. The molecular weight excluding hydrogens is 361 g/mol. The highest BCUT2D eigenvalue weighted by Crippen LogP contribution is 2.36. The molecule has 146 valence electrons. The van der Waals surface area contributed by atoms with Gasteiger partial charge >= 0.3 is 0 Å². The van der Waals surface area contributed by atoms with Crippen molar-refractivity contribution >= 4 is 17.5 Å². The van der Waals surface area contributed by atoms with Gasteiger partial charge < -0.3 is 0 Å². The van der Waals surface area contributed by atoms with Crippen molar-refractivity contribution in [1.29, 1.82) is 0 Å². The Labute approximate surface area is 161 Å². The van der Waals surface area contributed by atoms with Crippen molar-refractivity contribution in [2.45, 2.75) is 52.4 Å². The third-order valence-electron chi connectivity index (χ3n) is 5.63. The second-order valence-electron chi connectivity index (χ2n) is 8.22. The first-order valence-electron chi connectivity index (χ1n) is 9.53. The van der Waals surface area contributed by atoms with Crippen molar-refractivity contribution in [2.24, 2.45) is 5.41 Å². The van der Waals surface area contributed by atoms with Crippen LogP contribution >= 0.6 is 0 Å². The van der Waals surface area contributed by atoms with Crippen molar-refractivity contribution in [3.05, 3.63) is 56.8 Å². The highest BCUT2D eigenvalue weighted by molar-refractivity contribution is 6.22. The van der Waals surface area contributed by atoms with Gasteiger partial charge in [0.25, 0.3) is 5.56 Å². The van der Waals surface area contributed by atoms with Gasteiger partial charge in [0.2, 0.25) is 11.8 Å². The lowest BCUT2D eigenvalue weighted by atomic mass is 9.90. The monoisotopic (exact) mass is 383 g/mol. The normalized spacial score (nSPS) is 18.5. The van der Waals surface area contributed by atoms with E-state index in [0.717, 1.165) is 53.0 Å². The Morgan fingerprint density at radius 3 is 2.54 bits per heavy atom. The summed E-state index contributed by atoms with van der Waals surface area (Å²) in [7, 11) is 0. The summed E-state index contributed by atoms with van der Waals surface area (Å²) in [4.78, 5) is 37.9. The maximum absolute atomic E-state index is 14.5. The van der Waals surface area contributed by atoms with E-state index in [4.69, 9.17) is 0 Å². The van der Waals surface area contributed by atoms with Crippen LogP contribution in [0.15, 0.2) is 23.0 Å². The van der Waals surface area contributed by atoms with Crippen LogP contribution in [0.2, 0.25) is 0 Å². The van der Waals surface area contributed by atoms with Crippen LogP contribution < -0.4 is 10.5 Å². The molecule has 1 aromatic heterocycles. The summed E-state index contributed by atoms with van der Waals surface area (Å²) in [5.74, 6) is -1.40. The Morgan fingerprint density at radius 1 is 1.14 bits per heavy atom. The number of carbonyl (C=O) groups is 2. The number of anilines is 1. The summed E-state index contributed by atoms with van der Waals surface area (Å²) in [5, 5.41) is 6.77. The van der Waals surface area contributed by atoms with E-state index >= 15 is 0 Å². The second kappa shape index (κ2) is 6.65. The van der Waals surface area contributed by atoms with Crippen molar-refractivity contribution in [3.8, 4) is 0 Å². The number of aromatic nitrogens is 2. The van der Waals surface area contributed by atoms with Crippen LogP contribution in [0.4, 0.5) is 10.1 Å². The van der Waals surface area contributed by atoms with Gasteiger partial charge in [-0.1, -0.05) is 19.9 Å². The van der Waals surface area contributed by atoms with Crippen LogP contribution in [0.1, 0.15) is 55.5 Å². The molecule has 0 unspecified atom stereocenters. The predicted octanol–water partition coefficient (Wildman–Crippen LogP) is 2.67. The van der Waals surface area contributed by atoms with E-state index in [2.05, 4.69) is 10.2 Å². The molecule has 28 heavy (non-hydrogen) atoms. The van der Waals surface area contributed by atoms with E-state index in [0.29, 0.717) is 6.42 Å². The summed E-state index contributed by atoms with van der Waals surface area (Å²) in [6.45, 7) is 3.37. The highest BCUT2D eigenvalue weighted by Gasteiger charge is 2.46. The lowest BCUT2D eigenvalue weighted by Crippen LogP contribution is -2.33. The van der Waals surface area contributed by atoms with Gasteiger partial charge in [0.1, 0.15) is 5.82 Å². The molecule has 6 nitrogen and oxygen atoms in total. The molecule has 0 bridgehead atoms. The van der Waals surface area contributed by atoms with Crippen LogP contribution in [0.3, 0.4) is 0 Å². The number of aromatic amines is 1. The van der Waals surface area contributed by atoms with E-state index in [1.54, 1.807) is 19.9 Å². The molecule has 2 heterocycles. The standard InChI is InChI=1S/C21H22FN3O3/c1-21(2)11-18(26)25(20(21)28)17-10-12(7-8-15(17)22)9-16-13-5-3-4-6-14(13)19(27)24-23-16/h7-8,10H,3-6,9,11H2,1-2H3,(H,24,27). The number of fused-ring (bicyclic) bond motifs is 1. The number of carbonyl (C=O) groups excluding carboxylic acids is 2. The molecule has 1 aliphatic heterocycles. The molecule has 2 amide bonds. The molecule has 1 aliphatic carbocycles. The Balaban J connectivity index is 1.71. The number of halogens is 1. The minimum atomic E-state index is -0.834. The lowest BCUT2D eigenvalue weighted by molar-refractivity contribution is -0.124. The van der Waals surface area contributed by atoms with Gasteiger partial charge in [-0.05, 0) is 48.9 Å². The molecule has 1 N–H and O–H groups in total. The maximum atomic E-state index is 14.5. The average molecular weight is 383 g/mol. The number of nitrogens with zero attached hydrogens (tertiary/aromatic N) is 2. The first kappa shape index (κ1) is 18.5. The minimum absolute atomic E-state index is 0.0173. The van der Waals surface area contributed by atoms with Crippen molar-refractivity contribution in [3.63, 3.8) is 0 Å². The zero-order chi connectivity index (χ0) is 20.1. The topological polar surface area (TPSA) is 83.1 Å². The molecule has 1 aromatic carbocycles. The van der Waals surface area contributed by atoms with Crippen LogP contribution in [-0.4, -0.2) is 22.0 Å². The number of amides is 2. The van der Waals surface area contributed by atoms with E-state index < -0.39 is 23.0 Å². The summed E-state index contributed by atoms with van der Waals surface area (Å²) >= 11 is 0. The minimum Gasteiger partial charge on any atom is -0.274 e. The highest BCUT2D eigenvalue weighted by atomic mass is 19.1. The summed E-state index contributed by atoms with van der Waals surface area (Å²) in [5.41, 5.74) is 2.24. The van der Waals surface area contributed by atoms with E-state index in [9.17, 15) is 18.8 Å². The molecule has 7 heteroatoms. The van der Waals surface area contributed by atoms with Crippen LogP contribution in [0, 0.1) is 11.2 Å². The smallest absolute Gasteiger partial charge is 0.267 e. The van der Waals surface area contributed by atoms with Crippen LogP contribution in [0.5, 0.6) is 0 Å². The third kappa shape index (κ3) is 3.04. The number of H-pyrrole nitrogens is 1. The molecular formula is C21H22FN3O3. The third-order valence-corrected chi connectivity index (χ3v) is 5.63. The van der Waals surface area contributed by atoms with Crippen molar-refractivity contribution < 1.29 is 14.0 Å². The number of benzene rings is 1. The molecule has 0 radical (unpaired) electrons. The molecule has 4 rings (SSSR count). The number of hydrogen-bond acceptors (Lipinski definition) is 4. The SMILES string of the molecule is CC1(C)CC(=O)N(c2cc(Cc3n[nH]c(=O)c4c3CCCC4)ccc2F)C1=O. The molecule has 2 aromatic rings. The predicted molar refractivity (Wildman–Crippen MR) is 102 cm³/mol. The quantitative estimate of drug-likeness (QED) is 0.826. The first-order valence-corrected chi connectivity index (χ1v) is 9.53. The second-order valence-corrected chi connectivity index (χ2v) is 8.22. The fourth-order valence-corrected chi connectivity index (χ4v) is 4.10. The number of imide groups is 1. The zero-order valence-electron chi connectivity index (χ0n) is 16.0. The van der Waals surface area contributed by atoms with Gasteiger partial charge in [-0.15, -0.1) is 0 Å². The fourth-order valence-electron chi connectivity index (χ4n) is 4.10. The Morgan fingerprint density at radius 2 is 1.86 bits per heavy atom. The average Bonchev–Trinajstić information content (AvgIpc) is 2.86. The molecule has 2 aliphatic rings. The van der Waals surface area contributed by atoms with Crippen molar-refractivity contribution in [2.75, 3.05) is 4.90 Å². The number of hydrogen-bond donors (Lipinski definition) is 1. The maximum Gasteiger partial charge on any atom is 0.267 e. The molecule has 1 fully saturated rings. The Kier molecular flexibility index (Phi) is 4.40. The lowest BCUT2D eigenvalue weighted by Gasteiger charge is -2.20. The Hall–Kier alpha value is -2.83. The largest absolute Gasteiger partial charge is 0.274 e. The van der Waals surface area contributed by atoms with E-state index in [-0.39, 0.29) is 17.7 Å². The van der Waals surface area contributed by atoms with E-state index in [1.807, 2.05) is 0 Å². The van der Waals surface area contributed by atoms with Crippen LogP contribution in [0.25, 0.3) is 0 Å². The fraction of sp³-hybridized carbons (Fsp3) is 0.429. The Bertz CT molecular complexity index is 1040. The van der Waals surface area contributed by atoms with Gasteiger partial charge in [-0.25, -0.2) is 14.4 Å². The molecule has 0 spiro atoms. The summed E-state index contributed by atoms with van der Waals surface area (Å²) in [6.07, 6.45) is 3.98. The number of nitrogens with one attached hydrogen (secondary N) is 1. The van der Waals surface area contributed by atoms with Gasteiger partial charge in [-0.3, -0.25) is 14.4 Å².